The van der Waals surface area contributed by atoms with E-state index >= 15 is 0 Å². The highest BCUT2D eigenvalue weighted by Crippen LogP contribution is 2.25. The molecule has 0 unspecified atom stereocenters. The topological polar surface area (TPSA) is 424 Å². The van der Waals surface area contributed by atoms with Crippen LogP contribution in [0.25, 0.3) is 10.9 Å². The molecule has 2 saturated heterocycles. The highest BCUT2D eigenvalue weighted by molar-refractivity contribution is 5.99. The van der Waals surface area contributed by atoms with Gasteiger partial charge in [0.2, 0.25) is 59.1 Å². The number of aromatic amines is 1. The molecule has 15 N–H and O–H groups in total. The molecule has 2 aliphatic rings. The molecule has 10 amide bonds. The molecule has 9 atom stereocenters. The summed E-state index contributed by atoms with van der Waals surface area (Å²) in [7, 11) is 0. The van der Waals surface area contributed by atoms with E-state index in [4.69, 9.17) is 11.5 Å². The molecule has 2 aromatic rings. The van der Waals surface area contributed by atoms with Gasteiger partial charge in [-0.15, -0.1) is 0 Å². The number of rotatable bonds is 28. The predicted octanol–water partition coefficient (Wildman–Crippen LogP) is -3.42. The van der Waals surface area contributed by atoms with Crippen molar-refractivity contribution in [1.82, 2.24) is 52.0 Å². The molecule has 27 nitrogen and oxygen atoms in total. The molecular formula is C49H72N12O15. The number of aromatic nitrogens is 1. The molecule has 0 bridgehead atoms. The van der Waals surface area contributed by atoms with Gasteiger partial charge in [-0.25, -0.2) is 4.79 Å². The smallest absolute Gasteiger partial charge is 0.326 e. The van der Waals surface area contributed by atoms with Gasteiger partial charge in [-0.1, -0.05) is 45.9 Å². The largest absolute Gasteiger partial charge is 0.481 e. The number of carbonyl (C=O) groups excluding carboxylic acids is 10. The number of nitrogens with one attached hydrogen (secondary N) is 8. The lowest BCUT2D eigenvalue weighted by Gasteiger charge is -2.31. The van der Waals surface area contributed by atoms with Crippen LogP contribution in [-0.4, -0.2) is 182 Å². The Morgan fingerprint density at radius 2 is 1.32 bits per heavy atom. The minimum Gasteiger partial charge on any atom is -0.481 e. The standard InChI is InChI=1S/C49H72N12O15/c1-24(2)18-31(43(69)57-33(49(75)76)19-27-21-52-30-11-7-6-10-28(27)30)56-46(72)40(25(3)4)58-47(73)41(26(5)62)59-44(70)32(20-39(66)67)55-37(64)22-53-45(71)34-12-8-17-61(34)48(74)35-13-9-16-60(35)38(65)23-54-42(68)29(50)14-15-36(51)63/h6-7,10-11,21,24-26,29,31-35,40-41,52,62H,8-9,12-20,22-23,50H2,1-5H3,(H2,51,63)(H,53,71)(H,54,68)(H,55,64)(H,56,72)(H,57,69)(H,58,73)(H,59,70)(H,66,67)(H,75,76)/t26-,29+,31+,32+,33+,34+,35+,40+,41+/m1/s1. The fraction of sp³-hybridized carbons (Fsp3) is 0.592. The van der Waals surface area contributed by atoms with Crippen molar-refractivity contribution < 1.29 is 72.9 Å². The van der Waals surface area contributed by atoms with Gasteiger partial charge in [0.05, 0.1) is 31.7 Å². The number of carboxylic acids is 2. The first-order valence-electron chi connectivity index (χ1n) is 25.2. The third kappa shape index (κ3) is 17.5. The highest BCUT2D eigenvalue weighted by atomic mass is 16.4. The minimum atomic E-state index is -1.87. The normalized spacial score (nSPS) is 18.1. The van der Waals surface area contributed by atoms with E-state index in [1.54, 1.807) is 46.0 Å². The number of para-hydroxylation sites is 1. The summed E-state index contributed by atoms with van der Waals surface area (Å²) in [5.41, 5.74) is 12.3. The van der Waals surface area contributed by atoms with Crippen LogP contribution in [0.15, 0.2) is 30.5 Å². The molecule has 0 aliphatic carbocycles. The minimum absolute atomic E-state index is 0.0320. The van der Waals surface area contributed by atoms with Crippen LogP contribution >= 0.6 is 0 Å². The SMILES string of the molecule is CC(C)C[C@H](NC(=O)[C@@H](NC(=O)[C@@H](NC(=O)[C@H](CC(=O)O)NC(=O)CNC(=O)[C@@H]1CCCN1C(=O)[C@@H]1CCCN1C(=O)CNC(=O)[C@@H](N)CCC(N)=O)[C@@H](C)O)C(C)C)C(=O)N[C@@H](Cc1c[nH]c2ccccc12)C(=O)O. The molecule has 3 heterocycles. The number of aliphatic carboxylic acids is 2. The zero-order valence-corrected chi connectivity index (χ0v) is 43.2. The number of fused-ring (bicyclic) bond motifs is 1. The first-order valence-corrected chi connectivity index (χ1v) is 25.2. The molecule has 2 fully saturated rings. The summed E-state index contributed by atoms with van der Waals surface area (Å²) in [6.45, 7) is 6.87. The Bertz CT molecular complexity index is 2480. The monoisotopic (exact) mass is 1070 g/mol. The van der Waals surface area contributed by atoms with Gasteiger partial charge in [0.25, 0.3) is 0 Å². The van der Waals surface area contributed by atoms with Crippen molar-refractivity contribution in [3.63, 3.8) is 0 Å². The van der Waals surface area contributed by atoms with Gasteiger partial charge in [0, 0.05) is 43.0 Å². The Balaban J connectivity index is 1.35. The number of nitrogens with two attached hydrogens (primary N) is 2. The number of carboxylic acid groups (broad SMARTS) is 2. The average Bonchev–Trinajstić information content (AvgIpc) is 4.15. The molecule has 0 radical (unpaired) electrons. The van der Waals surface area contributed by atoms with Gasteiger partial charge in [0.1, 0.15) is 42.3 Å². The summed E-state index contributed by atoms with van der Waals surface area (Å²) in [5.74, 6) is -12.0. The summed E-state index contributed by atoms with van der Waals surface area (Å²) >= 11 is 0. The number of aliphatic hydroxyl groups excluding tert-OH is 1. The molecule has 0 saturated carbocycles. The molecule has 27 heteroatoms. The molecule has 4 rings (SSSR count). The first kappa shape index (κ1) is 60.9. The average molecular weight is 1070 g/mol. The van der Waals surface area contributed by atoms with Crippen molar-refractivity contribution >= 4 is 81.9 Å². The van der Waals surface area contributed by atoms with Crippen molar-refractivity contribution in [2.75, 3.05) is 26.2 Å². The highest BCUT2D eigenvalue weighted by Gasteiger charge is 2.43. The summed E-state index contributed by atoms with van der Waals surface area (Å²) in [4.78, 5) is 162. The van der Waals surface area contributed by atoms with Crippen LogP contribution in [0, 0.1) is 11.8 Å². The van der Waals surface area contributed by atoms with Gasteiger partial charge < -0.3 is 78.8 Å². The zero-order valence-electron chi connectivity index (χ0n) is 43.2. The van der Waals surface area contributed by atoms with E-state index in [-0.39, 0.29) is 57.5 Å². The number of nitrogens with zero attached hydrogens (tertiary/aromatic N) is 2. The Kier molecular flexibility index (Phi) is 22.7. The molecular weight excluding hydrogens is 997 g/mol. The molecule has 2 aliphatic heterocycles. The zero-order chi connectivity index (χ0) is 56.6. The van der Waals surface area contributed by atoms with Crippen molar-refractivity contribution in [3.8, 4) is 0 Å². The van der Waals surface area contributed by atoms with Crippen LogP contribution in [0.3, 0.4) is 0 Å². The van der Waals surface area contributed by atoms with Gasteiger partial charge in [-0.05, 0) is 68.9 Å². The van der Waals surface area contributed by atoms with Crippen molar-refractivity contribution in [3.05, 3.63) is 36.0 Å². The van der Waals surface area contributed by atoms with Crippen molar-refractivity contribution in [2.24, 2.45) is 23.3 Å². The lowest BCUT2D eigenvalue weighted by Crippen LogP contribution is -2.62. The number of likely N-dealkylation sites (tertiary alicyclic amines) is 2. The third-order valence-electron chi connectivity index (χ3n) is 13.0. The number of hydrogen-bond acceptors (Lipinski definition) is 14. The van der Waals surface area contributed by atoms with E-state index in [1.807, 2.05) is 12.1 Å². The fourth-order valence-electron chi connectivity index (χ4n) is 8.95. The predicted molar refractivity (Wildman–Crippen MR) is 269 cm³/mol. The lowest BCUT2D eigenvalue weighted by molar-refractivity contribution is -0.146. The Morgan fingerprint density at radius 3 is 1.93 bits per heavy atom. The van der Waals surface area contributed by atoms with E-state index < -0.39 is 151 Å². The Morgan fingerprint density at radius 1 is 0.711 bits per heavy atom. The van der Waals surface area contributed by atoms with E-state index in [0.29, 0.717) is 18.4 Å². The van der Waals surface area contributed by atoms with Gasteiger partial charge in [-0.3, -0.25) is 52.7 Å². The molecule has 76 heavy (non-hydrogen) atoms. The van der Waals surface area contributed by atoms with E-state index in [9.17, 15) is 72.9 Å². The Labute approximate surface area is 438 Å². The molecule has 1 aromatic carbocycles. The van der Waals surface area contributed by atoms with Crippen LogP contribution in [0.2, 0.25) is 0 Å². The second kappa shape index (κ2) is 28.3. The quantitative estimate of drug-likeness (QED) is 0.0395. The van der Waals surface area contributed by atoms with E-state index in [1.165, 1.54) is 9.80 Å². The van der Waals surface area contributed by atoms with Gasteiger partial charge in [0.15, 0.2) is 0 Å². The number of benzene rings is 1. The molecule has 0 spiro atoms. The lowest BCUT2D eigenvalue weighted by atomic mass is 9.98. The van der Waals surface area contributed by atoms with Gasteiger partial charge >= 0.3 is 11.9 Å². The fourth-order valence-corrected chi connectivity index (χ4v) is 8.95. The second-order valence-electron chi connectivity index (χ2n) is 19.8. The number of carbonyl (C=O) groups is 12. The summed E-state index contributed by atoms with van der Waals surface area (Å²) < 4.78 is 0. The van der Waals surface area contributed by atoms with Crippen LogP contribution in [-0.2, 0) is 64.0 Å². The van der Waals surface area contributed by atoms with Crippen LogP contribution in [0.5, 0.6) is 0 Å². The summed E-state index contributed by atoms with van der Waals surface area (Å²) in [6.07, 6.45) is 0.0955. The maximum absolute atomic E-state index is 13.9. The van der Waals surface area contributed by atoms with Crippen LogP contribution in [0.1, 0.15) is 91.5 Å². The van der Waals surface area contributed by atoms with Crippen LogP contribution < -0.4 is 48.7 Å². The maximum atomic E-state index is 13.9. The number of primary amides is 1. The number of H-pyrrole nitrogens is 1. The second-order valence-corrected chi connectivity index (χ2v) is 19.8. The number of aliphatic hydroxyl groups is 1. The van der Waals surface area contributed by atoms with E-state index in [2.05, 4.69) is 42.2 Å². The van der Waals surface area contributed by atoms with E-state index in [0.717, 1.165) is 17.8 Å². The molecule has 1 aromatic heterocycles. The first-order chi connectivity index (χ1) is 35.8. The summed E-state index contributed by atoms with van der Waals surface area (Å²) in [5, 5.41) is 47.9. The number of hydrogen-bond donors (Lipinski definition) is 13. The number of amides is 10. The van der Waals surface area contributed by atoms with Gasteiger partial charge in [-0.2, -0.15) is 0 Å². The Hall–Kier alpha value is -7.68. The van der Waals surface area contributed by atoms with Crippen molar-refractivity contribution in [2.45, 2.75) is 147 Å². The third-order valence-corrected chi connectivity index (χ3v) is 13.0. The molecule has 418 valence electrons. The maximum Gasteiger partial charge on any atom is 0.326 e. The van der Waals surface area contributed by atoms with Crippen LogP contribution in [0.4, 0.5) is 0 Å². The summed E-state index contributed by atoms with van der Waals surface area (Å²) in [6, 6.07) is -3.65. The van der Waals surface area contributed by atoms with Crippen molar-refractivity contribution in [1.29, 1.82) is 0 Å².